The van der Waals surface area contributed by atoms with Crippen LogP contribution >= 0.6 is 12.4 Å². The highest BCUT2D eigenvalue weighted by Crippen LogP contribution is 2.18. The topological polar surface area (TPSA) is 83.7 Å². The highest BCUT2D eigenvalue weighted by molar-refractivity contribution is 7.89. The SMILES string of the molecule is CCC(C)C(N)C(=O)N1CCN(S(=O)(=O)c2ccccc2)CC1.Cl. The van der Waals surface area contributed by atoms with Gasteiger partial charge in [0.05, 0.1) is 10.9 Å². The van der Waals surface area contributed by atoms with Gasteiger partial charge in [-0.1, -0.05) is 38.5 Å². The van der Waals surface area contributed by atoms with Crippen LogP contribution in [-0.4, -0.2) is 55.8 Å². The van der Waals surface area contributed by atoms with Crippen LogP contribution in [0.1, 0.15) is 20.3 Å². The molecule has 1 saturated heterocycles. The molecule has 0 aromatic heterocycles. The smallest absolute Gasteiger partial charge is 0.243 e. The number of carbonyl (C=O) groups excluding carboxylic acids is 1. The fourth-order valence-corrected chi connectivity index (χ4v) is 4.04. The monoisotopic (exact) mass is 375 g/mol. The summed E-state index contributed by atoms with van der Waals surface area (Å²) in [6.45, 7) is 5.33. The van der Waals surface area contributed by atoms with Crippen molar-refractivity contribution in [1.82, 2.24) is 9.21 Å². The predicted octanol–water partition coefficient (Wildman–Crippen LogP) is 1.31. The first kappa shape index (κ1) is 20.9. The minimum absolute atomic E-state index is 0. The van der Waals surface area contributed by atoms with E-state index < -0.39 is 16.1 Å². The van der Waals surface area contributed by atoms with Crippen molar-refractivity contribution in [3.8, 4) is 0 Å². The number of nitrogens with two attached hydrogens (primary N) is 1. The van der Waals surface area contributed by atoms with Crippen LogP contribution in [0.15, 0.2) is 35.2 Å². The number of amides is 1. The Bertz CT molecular complexity index is 631. The summed E-state index contributed by atoms with van der Waals surface area (Å²) in [5.41, 5.74) is 5.99. The van der Waals surface area contributed by atoms with Gasteiger partial charge < -0.3 is 10.6 Å². The summed E-state index contributed by atoms with van der Waals surface area (Å²) in [5, 5.41) is 0. The first-order chi connectivity index (χ1) is 10.9. The Kier molecular flexibility index (Phi) is 7.66. The number of nitrogens with zero attached hydrogens (tertiary/aromatic N) is 2. The zero-order chi connectivity index (χ0) is 17.0. The van der Waals surface area contributed by atoms with Crippen molar-refractivity contribution >= 4 is 28.3 Å². The summed E-state index contributed by atoms with van der Waals surface area (Å²) in [6, 6.07) is 7.86. The molecule has 1 aliphatic rings. The Morgan fingerprint density at radius 1 is 1.17 bits per heavy atom. The van der Waals surface area contributed by atoms with E-state index in [0.29, 0.717) is 26.2 Å². The van der Waals surface area contributed by atoms with E-state index in [0.717, 1.165) is 6.42 Å². The van der Waals surface area contributed by atoms with E-state index in [-0.39, 0.29) is 29.1 Å². The van der Waals surface area contributed by atoms with Gasteiger partial charge in [-0.3, -0.25) is 4.79 Å². The molecular weight excluding hydrogens is 350 g/mol. The zero-order valence-electron chi connectivity index (χ0n) is 14.1. The second-order valence-corrected chi connectivity index (χ2v) is 7.89. The molecule has 1 fully saturated rings. The summed E-state index contributed by atoms with van der Waals surface area (Å²) in [7, 11) is -3.49. The van der Waals surface area contributed by atoms with Gasteiger partial charge in [0.2, 0.25) is 15.9 Å². The van der Waals surface area contributed by atoms with Crippen LogP contribution in [0.3, 0.4) is 0 Å². The molecule has 2 N–H and O–H groups in total. The molecule has 0 aliphatic carbocycles. The maximum atomic E-state index is 12.5. The number of piperazine rings is 1. The molecule has 1 aliphatic heterocycles. The quantitative estimate of drug-likeness (QED) is 0.841. The second-order valence-electron chi connectivity index (χ2n) is 5.95. The molecule has 2 unspecified atom stereocenters. The van der Waals surface area contributed by atoms with Crippen LogP contribution < -0.4 is 5.73 Å². The number of benzene rings is 1. The first-order valence-corrected chi connectivity index (χ1v) is 9.41. The van der Waals surface area contributed by atoms with E-state index in [1.807, 2.05) is 13.8 Å². The molecule has 6 nitrogen and oxygen atoms in total. The van der Waals surface area contributed by atoms with E-state index in [2.05, 4.69) is 0 Å². The summed E-state index contributed by atoms with van der Waals surface area (Å²) in [6.07, 6.45) is 0.843. The van der Waals surface area contributed by atoms with E-state index in [4.69, 9.17) is 5.73 Å². The molecule has 8 heteroatoms. The lowest BCUT2D eigenvalue weighted by Gasteiger charge is -2.36. The summed E-state index contributed by atoms with van der Waals surface area (Å²) >= 11 is 0. The largest absolute Gasteiger partial charge is 0.339 e. The van der Waals surface area contributed by atoms with Crippen molar-refractivity contribution in [1.29, 1.82) is 0 Å². The standard InChI is InChI=1S/C16H25N3O3S.ClH/c1-3-13(2)15(17)16(20)18-9-11-19(12-10-18)23(21,22)14-7-5-4-6-8-14;/h4-8,13,15H,3,9-12,17H2,1-2H3;1H. The fourth-order valence-electron chi connectivity index (χ4n) is 2.60. The lowest BCUT2D eigenvalue weighted by Crippen LogP contribution is -2.55. The molecule has 1 amide bonds. The molecule has 24 heavy (non-hydrogen) atoms. The van der Waals surface area contributed by atoms with Gasteiger partial charge in [-0.2, -0.15) is 4.31 Å². The van der Waals surface area contributed by atoms with Crippen molar-refractivity contribution in [2.45, 2.75) is 31.2 Å². The van der Waals surface area contributed by atoms with Gasteiger partial charge in [0.15, 0.2) is 0 Å². The lowest BCUT2D eigenvalue weighted by molar-refractivity contribution is -0.134. The van der Waals surface area contributed by atoms with Crippen LogP contribution in [0.4, 0.5) is 0 Å². The zero-order valence-corrected chi connectivity index (χ0v) is 15.7. The number of carbonyl (C=O) groups is 1. The van der Waals surface area contributed by atoms with E-state index in [1.54, 1.807) is 35.2 Å². The molecule has 0 spiro atoms. The lowest BCUT2D eigenvalue weighted by atomic mass is 9.99. The molecule has 0 radical (unpaired) electrons. The second kappa shape index (κ2) is 8.80. The van der Waals surface area contributed by atoms with Gasteiger partial charge in [0.25, 0.3) is 0 Å². The Morgan fingerprint density at radius 3 is 2.21 bits per heavy atom. The molecule has 1 heterocycles. The normalized spacial score (nSPS) is 18.5. The summed E-state index contributed by atoms with van der Waals surface area (Å²) in [4.78, 5) is 14.3. The number of halogens is 1. The van der Waals surface area contributed by atoms with Gasteiger partial charge in [0, 0.05) is 26.2 Å². The van der Waals surface area contributed by atoms with E-state index in [9.17, 15) is 13.2 Å². The Morgan fingerprint density at radius 2 is 1.71 bits per heavy atom. The third-order valence-electron chi connectivity index (χ3n) is 4.47. The highest BCUT2D eigenvalue weighted by Gasteiger charge is 2.32. The molecule has 0 saturated carbocycles. The molecule has 2 rings (SSSR count). The van der Waals surface area contributed by atoms with Crippen LogP contribution in [0.2, 0.25) is 0 Å². The van der Waals surface area contributed by atoms with Crippen LogP contribution in [0.25, 0.3) is 0 Å². The average molecular weight is 376 g/mol. The summed E-state index contributed by atoms with van der Waals surface area (Å²) < 4.78 is 26.5. The van der Waals surface area contributed by atoms with Crippen molar-refractivity contribution in [3.05, 3.63) is 30.3 Å². The van der Waals surface area contributed by atoms with Gasteiger partial charge >= 0.3 is 0 Å². The van der Waals surface area contributed by atoms with Crippen LogP contribution in [0.5, 0.6) is 0 Å². The van der Waals surface area contributed by atoms with Gasteiger partial charge in [-0.15, -0.1) is 12.4 Å². The molecule has 1 aromatic carbocycles. The third-order valence-corrected chi connectivity index (χ3v) is 6.39. The first-order valence-electron chi connectivity index (χ1n) is 7.97. The molecule has 1 aromatic rings. The molecule has 136 valence electrons. The van der Waals surface area contributed by atoms with Crippen molar-refractivity contribution in [2.75, 3.05) is 26.2 Å². The number of rotatable bonds is 5. The highest BCUT2D eigenvalue weighted by atomic mass is 35.5. The minimum Gasteiger partial charge on any atom is -0.339 e. The van der Waals surface area contributed by atoms with Gasteiger partial charge in [-0.25, -0.2) is 8.42 Å². The molecule has 0 bridgehead atoms. The van der Waals surface area contributed by atoms with Crippen molar-refractivity contribution in [2.24, 2.45) is 11.7 Å². The Hall–Kier alpha value is -1.15. The maximum absolute atomic E-state index is 12.5. The van der Waals surface area contributed by atoms with Crippen LogP contribution in [0, 0.1) is 5.92 Å². The molecular formula is C16H26ClN3O3S. The number of hydrogen-bond acceptors (Lipinski definition) is 4. The van der Waals surface area contributed by atoms with Gasteiger partial charge in [-0.05, 0) is 18.1 Å². The number of hydrogen-bond donors (Lipinski definition) is 1. The predicted molar refractivity (Wildman–Crippen MR) is 96.5 cm³/mol. The number of sulfonamides is 1. The van der Waals surface area contributed by atoms with Crippen molar-refractivity contribution in [3.63, 3.8) is 0 Å². The van der Waals surface area contributed by atoms with E-state index >= 15 is 0 Å². The maximum Gasteiger partial charge on any atom is 0.243 e. The van der Waals surface area contributed by atoms with Crippen LogP contribution in [-0.2, 0) is 14.8 Å². The van der Waals surface area contributed by atoms with Gasteiger partial charge in [0.1, 0.15) is 0 Å². The third kappa shape index (κ3) is 4.47. The van der Waals surface area contributed by atoms with Crippen molar-refractivity contribution < 1.29 is 13.2 Å². The Balaban J connectivity index is 0.00000288. The fraction of sp³-hybridized carbons (Fsp3) is 0.562. The Labute approximate surface area is 150 Å². The summed E-state index contributed by atoms with van der Waals surface area (Å²) in [5.74, 6) is 0.0321. The minimum atomic E-state index is -3.49. The average Bonchev–Trinajstić information content (AvgIpc) is 2.60. The molecule has 2 atom stereocenters. The van der Waals surface area contributed by atoms with E-state index in [1.165, 1.54) is 4.31 Å².